The van der Waals surface area contributed by atoms with Crippen molar-refractivity contribution in [2.75, 3.05) is 0 Å². The maximum atomic E-state index is 9.91. The largest absolute Gasteiger partial charge is 0.393 e. The number of aliphatic hydroxyl groups is 2. The Bertz CT molecular complexity index is 150. The zero-order chi connectivity index (χ0) is 8.70. The molecule has 0 aromatic heterocycles. The van der Waals surface area contributed by atoms with Crippen molar-refractivity contribution in [2.45, 2.75) is 51.7 Å². The lowest BCUT2D eigenvalue weighted by atomic mass is 9.65. The summed E-state index contributed by atoms with van der Waals surface area (Å²) in [5.74, 6) is 0. The van der Waals surface area contributed by atoms with Crippen LogP contribution < -0.4 is 0 Å². The number of rotatable bonds is 0. The summed E-state index contributed by atoms with van der Waals surface area (Å²) in [5, 5.41) is 19.3. The van der Waals surface area contributed by atoms with Crippen molar-refractivity contribution in [3.05, 3.63) is 0 Å². The molecule has 66 valence electrons. The summed E-state index contributed by atoms with van der Waals surface area (Å²) < 4.78 is 0. The van der Waals surface area contributed by atoms with E-state index >= 15 is 0 Å². The number of hydrogen-bond acceptors (Lipinski definition) is 2. The Morgan fingerprint density at radius 2 is 1.82 bits per heavy atom. The fourth-order valence-electron chi connectivity index (χ4n) is 1.70. The van der Waals surface area contributed by atoms with Gasteiger partial charge in [-0.3, -0.25) is 0 Å². The molecule has 2 nitrogen and oxygen atoms in total. The van der Waals surface area contributed by atoms with Crippen molar-refractivity contribution in [1.29, 1.82) is 0 Å². The lowest BCUT2D eigenvalue weighted by Crippen LogP contribution is -2.48. The fourth-order valence-corrected chi connectivity index (χ4v) is 1.70. The highest BCUT2D eigenvalue weighted by Gasteiger charge is 2.43. The van der Waals surface area contributed by atoms with E-state index in [2.05, 4.69) is 0 Å². The Kier molecular flexibility index (Phi) is 2.01. The van der Waals surface area contributed by atoms with Gasteiger partial charge in [-0.2, -0.15) is 0 Å². The van der Waals surface area contributed by atoms with Crippen molar-refractivity contribution in [3.63, 3.8) is 0 Å². The van der Waals surface area contributed by atoms with Gasteiger partial charge in [-0.25, -0.2) is 0 Å². The lowest BCUT2D eigenvalue weighted by Gasteiger charge is -2.45. The molecule has 0 bridgehead atoms. The third-order valence-corrected chi connectivity index (χ3v) is 3.17. The van der Waals surface area contributed by atoms with Gasteiger partial charge in [0.1, 0.15) is 0 Å². The van der Waals surface area contributed by atoms with Crippen molar-refractivity contribution in [1.82, 2.24) is 0 Å². The number of hydrogen-bond donors (Lipinski definition) is 2. The summed E-state index contributed by atoms with van der Waals surface area (Å²) in [7, 11) is 0. The molecule has 0 aromatic carbocycles. The molecule has 0 saturated heterocycles. The first-order chi connectivity index (χ1) is 4.85. The predicted molar refractivity (Wildman–Crippen MR) is 44.3 cm³/mol. The molecule has 1 saturated carbocycles. The molecule has 0 spiro atoms. The van der Waals surface area contributed by atoms with Gasteiger partial charge in [-0.15, -0.1) is 0 Å². The quantitative estimate of drug-likeness (QED) is 0.558. The van der Waals surface area contributed by atoms with Crippen LogP contribution >= 0.6 is 0 Å². The van der Waals surface area contributed by atoms with Gasteiger partial charge in [0.25, 0.3) is 0 Å². The topological polar surface area (TPSA) is 40.5 Å². The first-order valence-electron chi connectivity index (χ1n) is 4.26. The van der Waals surface area contributed by atoms with Gasteiger partial charge in [0.05, 0.1) is 11.7 Å². The molecular weight excluding hydrogens is 140 g/mol. The molecule has 1 aliphatic rings. The highest BCUT2D eigenvalue weighted by molar-refractivity contribution is 4.95. The molecular formula is C9H18O2. The summed E-state index contributed by atoms with van der Waals surface area (Å²) in [4.78, 5) is 0. The second-order valence-electron chi connectivity index (χ2n) is 4.55. The van der Waals surface area contributed by atoms with Crippen LogP contribution in [-0.2, 0) is 0 Å². The van der Waals surface area contributed by atoms with Gasteiger partial charge in [-0.1, -0.05) is 13.8 Å². The first-order valence-corrected chi connectivity index (χ1v) is 4.26. The van der Waals surface area contributed by atoms with Gasteiger partial charge < -0.3 is 10.2 Å². The molecule has 0 aromatic rings. The van der Waals surface area contributed by atoms with Crippen LogP contribution in [0.1, 0.15) is 40.0 Å². The maximum absolute atomic E-state index is 9.91. The minimum atomic E-state index is -0.605. The molecule has 2 unspecified atom stereocenters. The van der Waals surface area contributed by atoms with Crippen LogP contribution in [0.5, 0.6) is 0 Å². The summed E-state index contributed by atoms with van der Waals surface area (Å²) in [6, 6.07) is 0. The Balaban J connectivity index is 2.72. The first kappa shape index (κ1) is 9.01. The third-order valence-electron chi connectivity index (χ3n) is 3.17. The molecule has 0 amide bonds. The van der Waals surface area contributed by atoms with Gasteiger partial charge in [0.15, 0.2) is 0 Å². The van der Waals surface area contributed by atoms with Crippen molar-refractivity contribution < 1.29 is 10.2 Å². The lowest BCUT2D eigenvalue weighted by molar-refractivity contribution is -0.112. The van der Waals surface area contributed by atoms with Crippen molar-refractivity contribution in [2.24, 2.45) is 5.41 Å². The van der Waals surface area contributed by atoms with Crippen LogP contribution in [0, 0.1) is 5.41 Å². The summed E-state index contributed by atoms with van der Waals surface area (Å²) in [6.45, 7) is 5.88. The van der Waals surface area contributed by atoms with Crippen LogP contribution in [0.3, 0.4) is 0 Å². The minimum absolute atomic E-state index is 0.148. The predicted octanol–water partition coefficient (Wildman–Crippen LogP) is 1.31. The summed E-state index contributed by atoms with van der Waals surface area (Å²) >= 11 is 0. The molecule has 1 aliphatic carbocycles. The molecule has 2 atom stereocenters. The fraction of sp³-hybridized carbons (Fsp3) is 1.00. The smallest absolute Gasteiger partial charge is 0.0672 e. The number of aliphatic hydroxyl groups excluding tert-OH is 1. The summed E-state index contributed by atoms with van der Waals surface area (Å²) in [5.41, 5.74) is -0.753. The van der Waals surface area contributed by atoms with Gasteiger partial charge >= 0.3 is 0 Å². The average Bonchev–Trinajstić information content (AvgIpc) is 1.80. The van der Waals surface area contributed by atoms with Crippen LogP contribution in [-0.4, -0.2) is 21.9 Å². The average molecular weight is 158 g/mol. The van der Waals surface area contributed by atoms with Crippen molar-refractivity contribution in [3.8, 4) is 0 Å². The Hall–Kier alpha value is -0.0800. The second kappa shape index (κ2) is 2.46. The molecule has 2 heteroatoms. The van der Waals surface area contributed by atoms with Crippen molar-refractivity contribution >= 4 is 0 Å². The molecule has 0 heterocycles. The molecule has 0 radical (unpaired) electrons. The normalized spacial score (nSPS) is 43.9. The monoisotopic (exact) mass is 158 g/mol. The Labute approximate surface area is 68.2 Å². The van der Waals surface area contributed by atoms with E-state index < -0.39 is 5.60 Å². The summed E-state index contributed by atoms with van der Waals surface area (Å²) in [6.07, 6.45) is 1.93. The Morgan fingerprint density at radius 3 is 2.18 bits per heavy atom. The van der Waals surface area contributed by atoms with Crippen LogP contribution in [0.2, 0.25) is 0 Å². The van der Waals surface area contributed by atoms with E-state index in [0.29, 0.717) is 12.8 Å². The van der Waals surface area contributed by atoms with Gasteiger partial charge in [0, 0.05) is 0 Å². The van der Waals surface area contributed by atoms with E-state index in [4.69, 9.17) is 0 Å². The van der Waals surface area contributed by atoms with Gasteiger partial charge in [0.2, 0.25) is 0 Å². The van der Waals surface area contributed by atoms with Crippen LogP contribution in [0.4, 0.5) is 0 Å². The minimum Gasteiger partial charge on any atom is -0.393 e. The van der Waals surface area contributed by atoms with E-state index in [1.165, 1.54) is 0 Å². The maximum Gasteiger partial charge on any atom is 0.0672 e. The Morgan fingerprint density at radius 1 is 1.27 bits per heavy atom. The highest BCUT2D eigenvalue weighted by atomic mass is 16.3. The van der Waals surface area contributed by atoms with Gasteiger partial charge in [-0.05, 0) is 31.6 Å². The highest BCUT2D eigenvalue weighted by Crippen LogP contribution is 2.43. The second-order valence-corrected chi connectivity index (χ2v) is 4.55. The van der Waals surface area contributed by atoms with E-state index in [0.717, 1.165) is 6.42 Å². The van der Waals surface area contributed by atoms with Crippen LogP contribution in [0.25, 0.3) is 0 Å². The third kappa shape index (κ3) is 1.57. The van der Waals surface area contributed by atoms with E-state index in [9.17, 15) is 10.2 Å². The molecule has 1 rings (SSSR count). The van der Waals surface area contributed by atoms with E-state index in [-0.39, 0.29) is 11.5 Å². The standard InChI is InChI=1S/C9H18O2/c1-8(2)6-7(10)4-5-9(8,3)11/h7,10-11H,4-6H2,1-3H3. The molecule has 11 heavy (non-hydrogen) atoms. The van der Waals surface area contributed by atoms with E-state index in [1.807, 2.05) is 20.8 Å². The van der Waals surface area contributed by atoms with E-state index in [1.54, 1.807) is 0 Å². The molecule has 2 N–H and O–H groups in total. The SMILES string of the molecule is CC1(C)CC(O)CCC1(C)O. The molecule has 0 aliphatic heterocycles. The van der Waals surface area contributed by atoms with Crippen LogP contribution in [0.15, 0.2) is 0 Å². The zero-order valence-corrected chi connectivity index (χ0v) is 7.59. The molecule has 1 fully saturated rings. The zero-order valence-electron chi connectivity index (χ0n) is 7.59.